The van der Waals surface area contributed by atoms with E-state index in [2.05, 4.69) is 13.8 Å². The fraction of sp³-hybridized carbons (Fsp3) is 1.00. The van der Waals surface area contributed by atoms with Crippen molar-refractivity contribution >= 4 is 0 Å². The van der Waals surface area contributed by atoms with Crippen LogP contribution in [0.5, 0.6) is 0 Å². The van der Waals surface area contributed by atoms with Gasteiger partial charge in [0.15, 0.2) is 0 Å². The van der Waals surface area contributed by atoms with Gasteiger partial charge in [-0.1, -0.05) is 33.1 Å². The number of halogens is 1. The summed E-state index contributed by atoms with van der Waals surface area (Å²) in [7, 11) is 0. The molecule has 1 aliphatic heterocycles. The van der Waals surface area contributed by atoms with Crippen molar-refractivity contribution in [1.29, 1.82) is 0 Å². The molecule has 0 bridgehead atoms. The molecule has 15 heavy (non-hydrogen) atoms. The highest BCUT2D eigenvalue weighted by Crippen LogP contribution is 2.13. The van der Waals surface area contributed by atoms with Gasteiger partial charge in [0.25, 0.3) is 0 Å². The van der Waals surface area contributed by atoms with E-state index < -0.39 is 0 Å². The van der Waals surface area contributed by atoms with Gasteiger partial charge in [0.05, 0.1) is 19.6 Å². The molecule has 1 fully saturated rings. The molecule has 1 aliphatic rings. The molecule has 0 spiro atoms. The second-order valence-corrected chi connectivity index (χ2v) is 4.96. The van der Waals surface area contributed by atoms with E-state index >= 15 is 0 Å². The van der Waals surface area contributed by atoms with Crippen LogP contribution >= 0.6 is 0 Å². The molecule has 0 aromatic carbocycles. The average molecular weight is 217 g/mol. The van der Waals surface area contributed by atoms with E-state index in [0.29, 0.717) is 0 Å². The third-order valence-electron chi connectivity index (χ3n) is 3.58. The Kier molecular flexibility index (Phi) is 9.07. The molecule has 1 rings (SSSR count). The first-order valence-electron chi connectivity index (χ1n) is 6.70. The molecule has 0 aromatic heterocycles. The molecule has 92 valence electrons. The molecule has 1 nitrogen and oxygen atoms in total. The van der Waals surface area contributed by atoms with Crippen LogP contribution in [0.4, 0.5) is 0 Å². The minimum atomic E-state index is 0. The van der Waals surface area contributed by atoms with E-state index in [1.54, 1.807) is 0 Å². The predicted molar refractivity (Wildman–Crippen MR) is 62.7 cm³/mol. The summed E-state index contributed by atoms with van der Waals surface area (Å²) in [5.41, 5.74) is 0. The number of nitrogens with one attached hydrogen (secondary N) is 1. The maximum Gasteiger partial charge on any atom is 0.0801 e. The molecule has 0 radical (unpaired) electrons. The first-order chi connectivity index (χ1) is 6.86. The zero-order valence-electron chi connectivity index (χ0n) is 10.5. The van der Waals surface area contributed by atoms with Crippen LogP contribution in [0, 0.1) is 5.92 Å². The normalized spacial score (nSPS) is 25.2. The minimum Gasteiger partial charge on any atom is -1.00 e. The lowest BCUT2D eigenvalue weighted by molar-refractivity contribution is -0.889. The number of quaternary nitrogens is 1. The standard InChI is InChI=1S/C13H27N.FH/c1-3-5-7-10-14-11-9-13(12-14)8-6-4-2;/h13H,3-12H2,1-2H3;1H. The van der Waals surface area contributed by atoms with Crippen molar-refractivity contribution in [1.82, 2.24) is 0 Å². The first kappa shape index (κ1) is 14.9. The van der Waals surface area contributed by atoms with E-state index in [0.717, 1.165) is 5.92 Å². The van der Waals surface area contributed by atoms with Crippen molar-refractivity contribution in [3.63, 3.8) is 0 Å². The maximum atomic E-state index is 2.31. The third-order valence-corrected chi connectivity index (χ3v) is 3.58. The van der Waals surface area contributed by atoms with Gasteiger partial charge in [-0.15, -0.1) is 0 Å². The van der Waals surface area contributed by atoms with Crippen molar-refractivity contribution in [2.24, 2.45) is 5.92 Å². The van der Waals surface area contributed by atoms with Gasteiger partial charge in [-0.3, -0.25) is 0 Å². The molecule has 2 atom stereocenters. The van der Waals surface area contributed by atoms with Gasteiger partial charge in [-0.2, -0.15) is 0 Å². The summed E-state index contributed by atoms with van der Waals surface area (Å²) in [5.74, 6) is 1.06. The number of likely N-dealkylation sites (tertiary alicyclic amines) is 1. The van der Waals surface area contributed by atoms with Crippen LogP contribution in [-0.4, -0.2) is 19.6 Å². The Morgan fingerprint density at radius 1 is 1.07 bits per heavy atom. The van der Waals surface area contributed by atoms with Crippen molar-refractivity contribution < 1.29 is 9.60 Å². The highest BCUT2D eigenvalue weighted by molar-refractivity contribution is 4.62. The lowest BCUT2D eigenvalue weighted by atomic mass is 10.0. The van der Waals surface area contributed by atoms with Crippen LogP contribution in [0.3, 0.4) is 0 Å². The van der Waals surface area contributed by atoms with Gasteiger partial charge in [0.1, 0.15) is 0 Å². The molecule has 1 N–H and O–H groups in total. The molecule has 2 heteroatoms. The van der Waals surface area contributed by atoms with Crippen molar-refractivity contribution in [3.8, 4) is 0 Å². The van der Waals surface area contributed by atoms with Crippen LogP contribution in [-0.2, 0) is 0 Å². The maximum absolute atomic E-state index is 2.31. The van der Waals surface area contributed by atoms with Crippen LogP contribution in [0.15, 0.2) is 0 Å². The predicted octanol–water partition coefficient (Wildman–Crippen LogP) is -0.724. The van der Waals surface area contributed by atoms with E-state index in [9.17, 15) is 0 Å². The minimum absolute atomic E-state index is 0. The summed E-state index contributed by atoms with van der Waals surface area (Å²) >= 11 is 0. The van der Waals surface area contributed by atoms with Gasteiger partial charge in [-0.25, -0.2) is 0 Å². The molecule has 1 heterocycles. The smallest absolute Gasteiger partial charge is 0.0801 e. The summed E-state index contributed by atoms with van der Waals surface area (Å²) in [5, 5.41) is 0. The first-order valence-corrected chi connectivity index (χ1v) is 6.70. The average Bonchev–Trinajstić information content (AvgIpc) is 2.63. The van der Waals surface area contributed by atoms with Crippen LogP contribution in [0.2, 0.25) is 0 Å². The molecule has 0 saturated carbocycles. The van der Waals surface area contributed by atoms with E-state index in [1.807, 2.05) is 4.90 Å². The zero-order valence-corrected chi connectivity index (χ0v) is 10.5. The second-order valence-electron chi connectivity index (χ2n) is 4.96. The van der Waals surface area contributed by atoms with E-state index in [1.165, 1.54) is 64.6 Å². The summed E-state index contributed by atoms with van der Waals surface area (Å²) in [6.07, 6.45) is 10.1. The number of unbranched alkanes of at least 4 members (excludes halogenated alkanes) is 3. The summed E-state index contributed by atoms with van der Waals surface area (Å²) in [6.45, 7) is 8.97. The van der Waals surface area contributed by atoms with Crippen molar-refractivity contribution in [2.75, 3.05) is 19.6 Å². The molecule has 0 aliphatic carbocycles. The van der Waals surface area contributed by atoms with Crippen LogP contribution in [0.25, 0.3) is 0 Å². The molecular weight excluding hydrogens is 189 g/mol. The third kappa shape index (κ3) is 6.14. The zero-order chi connectivity index (χ0) is 10.2. The van der Waals surface area contributed by atoms with Crippen molar-refractivity contribution in [3.05, 3.63) is 0 Å². The van der Waals surface area contributed by atoms with Crippen LogP contribution < -0.4 is 9.60 Å². The van der Waals surface area contributed by atoms with Crippen LogP contribution in [0.1, 0.15) is 58.8 Å². The van der Waals surface area contributed by atoms with E-state index in [4.69, 9.17) is 0 Å². The Labute approximate surface area is 94.6 Å². The quantitative estimate of drug-likeness (QED) is 0.537. The lowest BCUT2D eigenvalue weighted by Gasteiger charge is -2.12. The second kappa shape index (κ2) is 9.14. The van der Waals surface area contributed by atoms with Gasteiger partial charge in [0.2, 0.25) is 0 Å². The van der Waals surface area contributed by atoms with Gasteiger partial charge in [-0.05, 0) is 19.3 Å². The lowest BCUT2D eigenvalue weighted by Crippen LogP contribution is -3.10. The number of hydrogen-bond donors (Lipinski definition) is 1. The van der Waals surface area contributed by atoms with Gasteiger partial charge < -0.3 is 9.60 Å². The summed E-state index contributed by atoms with van der Waals surface area (Å²) in [6, 6.07) is 0. The number of rotatable bonds is 7. The fourth-order valence-corrected chi connectivity index (χ4v) is 2.61. The fourth-order valence-electron chi connectivity index (χ4n) is 2.61. The Balaban J connectivity index is 0.00000196. The Morgan fingerprint density at radius 3 is 2.47 bits per heavy atom. The SMILES string of the molecule is CCCCC[NH+]1CCC(CCCC)C1.[F-]. The molecule has 2 unspecified atom stereocenters. The number of hydrogen-bond acceptors (Lipinski definition) is 0. The van der Waals surface area contributed by atoms with E-state index in [-0.39, 0.29) is 4.70 Å². The summed E-state index contributed by atoms with van der Waals surface area (Å²) in [4.78, 5) is 1.89. The van der Waals surface area contributed by atoms with Crippen molar-refractivity contribution in [2.45, 2.75) is 58.8 Å². The highest BCUT2D eigenvalue weighted by Gasteiger charge is 2.24. The molecule has 0 amide bonds. The Bertz CT molecular complexity index is 138. The van der Waals surface area contributed by atoms with Gasteiger partial charge in [0, 0.05) is 12.3 Å². The Morgan fingerprint density at radius 2 is 1.80 bits per heavy atom. The largest absolute Gasteiger partial charge is 1.00 e. The summed E-state index contributed by atoms with van der Waals surface area (Å²) < 4.78 is 0. The molecule has 0 aromatic rings. The topological polar surface area (TPSA) is 4.44 Å². The highest BCUT2D eigenvalue weighted by atomic mass is 19.0. The Hall–Kier alpha value is -0.110. The van der Waals surface area contributed by atoms with Gasteiger partial charge >= 0.3 is 0 Å². The molecular formula is C13H28FN. The molecule has 1 saturated heterocycles. The monoisotopic (exact) mass is 217 g/mol.